The van der Waals surface area contributed by atoms with Crippen molar-refractivity contribution in [3.8, 4) is 12.3 Å². The number of carboxylic acid groups (broad SMARTS) is 1. The van der Waals surface area contributed by atoms with Crippen molar-refractivity contribution in [2.45, 2.75) is 25.3 Å². The minimum atomic E-state index is -1.09. The number of rotatable bonds is 4. The van der Waals surface area contributed by atoms with Crippen molar-refractivity contribution in [3.63, 3.8) is 0 Å². The SMILES string of the molecule is C#CCC(NC(=O)[C@@H]1CCCNC1)C(=O)O. The van der Waals surface area contributed by atoms with Crippen molar-refractivity contribution in [1.29, 1.82) is 0 Å². The van der Waals surface area contributed by atoms with Gasteiger partial charge in [-0.05, 0) is 19.4 Å². The maximum absolute atomic E-state index is 11.7. The lowest BCUT2D eigenvalue weighted by Crippen LogP contribution is -2.47. The molecule has 2 atom stereocenters. The molecule has 0 radical (unpaired) electrons. The minimum Gasteiger partial charge on any atom is -0.480 e. The van der Waals surface area contributed by atoms with Crippen LogP contribution in [0.3, 0.4) is 0 Å². The van der Waals surface area contributed by atoms with Crippen LogP contribution in [0, 0.1) is 18.3 Å². The third kappa shape index (κ3) is 3.55. The summed E-state index contributed by atoms with van der Waals surface area (Å²) in [5.74, 6) is 0.786. The fourth-order valence-corrected chi connectivity index (χ4v) is 1.68. The molecule has 1 aliphatic rings. The molecule has 0 bridgehead atoms. The van der Waals surface area contributed by atoms with Crippen molar-refractivity contribution >= 4 is 11.9 Å². The quantitative estimate of drug-likeness (QED) is 0.567. The standard InChI is InChI=1S/C11H16N2O3/c1-2-4-9(11(15)16)13-10(14)8-5-3-6-12-7-8/h1,8-9,12H,3-7H2,(H,13,14)(H,15,16)/t8-,9?/m1/s1. The van der Waals surface area contributed by atoms with Gasteiger partial charge in [-0.25, -0.2) is 4.79 Å². The highest BCUT2D eigenvalue weighted by molar-refractivity contribution is 5.85. The fourth-order valence-electron chi connectivity index (χ4n) is 1.68. The Morgan fingerprint density at radius 2 is 2.38 bits per heavy atom. The Bertz CT molecular complexity index is 303. The zero-order valence-corrected chi connectivity index (χ0v) is 9.03. The molecule has 1 amide bonds. The first-order chi connectivity index (χ1) is 7.65. The molecule has 0 aliphatic carbocycles. The molecule has 1 heterocycles. The number of carbonyl (C=O) groups is 2. The van der Waals surface area contributed by atoms with Gasteiger partial charge in [-0.3, -0.25) is 4.79 Å². The number of carboxylic acids is 1. The summed E-state index contributed by atoms with van der Waals surface area (Å²) in [6.45, 7) is 1.52. The van der Waals surface area contributed by atoms with E-state index in [0.717, 1.165) is 19.4 Å². The molecule has 16 heavy (non-hydrogen) atoms. The second kappa shape index (κ2) is 6.13. The number of hydrogen-bond acceptors (Lipinski definition) is 3. The number of carbonyl (C=O) groups excluding carboxylic acids is 1. The van der Waals surface area contributed by atoms with Gasteiger partial charge in [0.2, 0.25) is 5.91 Å². The molecule has 0 aromatic carbocycles. The van der Waals surface area contributed by atoms with E-state index in [0.29, 0.717) is 6.54 Å². The molecule has 3 N–H and O–H groups in total. The van der Waals surface area contributed by atoms with E-state index in [2.05, 4.69) is 16.6 Å². The van der Waals surface area contributed by atoms with E-state index in [9.17, 15) is 9.59 Å². The van der Waals surface area contributed by atoms with E-state index in [-0.39, 0.29) is 18.2 Å². The van der Waals surface area contributed by atoms with Crippen LogP contribution >= 0.6 is 0 Å². The van der Waals surface area contributed by atoms with Crippen LogP contribution in [0.2, 0.25) is 0 Å². The van der Waals surface area contributed by atoms with Crippen molar-refractivity contribution in [2.24, 2.45) is 5.92 Å². The van der Waals surface area contributed by atoms with Crippen molar-refractivity contribution < 1.29 is 14.7 Å². The molecular formula is C11H16N2O3. The first-order valence-corrected chi connectivity index (χ1v) is 5.32. The number of hydrogen-bond donors (Lipinski definition) is 3. The van der Waals surface area contributed by atoms with E-state index in [1.165, 1.54) is 0 Å². The molecule has 1 rings (SSSR count). The van der Waals surface area contributed by atoms with Crippen molar-refractivity contribution in [3.05, 3.63) is 0 Å². The highest BCUT2D eigenvalue weighted by atomic mass is 16.4. The smallest absolute Gasteiger partial charge is 0.327 e. The van der Waals surface area contributed by atoms with E-state index < -0.39 is 12.0 Å². The number of terminal acetylenes is 1. The maximum Gasteiger partial charge on any atom is 0.327 e. The summed E-state index contributed by atoms with van der Waals surface area (Å²) >= 11 is 0. The third-order valence-electron chi connectivity index (χ3n) is 2.60. The van der Waals surface area contributed by atoms with Gasteiger partial charge in [0.15, 0.2) is 0 Å². The van der Waals surface area contributed by atoms with Crippen LogP contribution in [0.5, 0.6) is 0 Å². The van der Waals surface area contributed by atoms with E-state index in [1.807, 2.05) is 0 Å². The molecule has 0 aromatic heterocycles. The Morgan fingerprint density at radius 3 is 2.88 bits per heavy atom. The molecule has 88 valence electrons. The number of nitrogens with one attached hydrogen (secondary N) is 2. The van der Waals surface area contributed by atoms with Crippen LogP contribution in [0.15, 0.2) is 0 Å². The summed E-state index contributed by atoms with van der Waals surface area (Å²) < 4.78 is 0. The lowest BCUT2D eigenvalue weighted by molar-refractivity contribution is -0.142. The van der Waals surface area contributed by atoms with Gasteiger partial charge in [-0.1, -0.05) is 0 Å². The molecule has 5 nitrogen and oxygen atoms in total. The first-order valence-electron chi connectivity index (χ1n) is 5.32. The zero-order chi connectivity index (χ0) is 12.0. The zero-order valence-electron chi connectivity index (χ0n) is 9.03. The Labute approximate surface area is 94.6 Å². The van der Waals surface area contributed by atoms with Gasteiger partial charge in [0, 0.05) is 13.0 Å². The highest BCUT2D eigenvalue weighted by Crippen LogP contribution is 2.10. The monoisotopic (exact) mass is 224 g/mol. The lowest BCUT2D eigenvalue weighted by Gasteiger charge is -2.23. The Hall–Kier alpha value is -1.54. The lowest BCUT2D eigenvalue weighted by atomic mass is 9.98. The first kappa shape index (κ1) is 12.5. The molecule has 1 fully saturated rings. The number of aliphatic carboxylic acids is 1. The van der Waals surface area contributed by atoms with Crippen LogP contribution < -0.4 is 10.6 Å². The average Bonchev–Trinajstić information content (AvgIpc) is 2.29. The van der Waals surface area contributed by atoms with Crippen LogP contribution in [-0.4, -0.2) is 36.1 Å². The largest absolute Gasteiger partial charge is 0.480 e. The second-order valence-corrected chi connectivity index (χ2v) is 3.85. The topological polar surface area (TPSA) is 78.4 Å². The normalized spacial score (nSPS) is 21.8. The van der Waals surface area contributed by atoms with Gasteiger partial charge in [0.05, 0.1) is 5.92 Å². The second-order valence-electron chi connectivity index (χ2n) is 3.85. The van der Waals surface area contributed by atoms with Gasteiger partial charge >= 0.3 is 5.97 Å². The predicted octanol–water partition coefficient (Wildman–Crippen LogP) is -0.421. The molecule has 1 unspecified atom stereocenters. The van der Waals surface area contributed by atoms with E-state index >= 15 is 0 Å². The van der Waals surface area contributed by atoms with Gasteiger partial charge in [-0.2, -0.15) is 0 Å². The molecule has 1 saturated heterocycles. The van der Waals surface area contributed by atoms with Gasteiger partial charge in [-0.15, -0.1) is 12.3 Å². The van der Waals surface area contributed by atoms with Crippen LogP contribution in [0.25, 0.3) is 0 Å². The van der Waals surface area contributed by atoms with Crippen LogP contribution in [0.1, 0.15) is 19.3 Å². The Morgan fingerprint density at radius 1 is 1.62 bits per heavy atom. The molecule has 1 aliphatic heterocycles. The van der Waals surface area contributed by atoms with E-state index in [1.54, 1.807) is 0 Å². The molecule has 0 spiro atoms. The van der Waals surface area contributed by atoms with Gasteiger partial charge in [0.25, 0.3) is 0 Å². The summed E-state index contributed by atoms with van der Waals surface area (Å²) in [6.07, 6.45) is 6.79. The predicted molar refractivity (Wildman–Crippen MR) is 58.6 cm³/mol. The van der Waals surface area contributed by atoms with E-state index in [4.69, 9.17) is 11.5 Å². The minimum absolute atomic E-state index is 0.0151. The Kier molecular flexibility index (Phi) is 4.80. The summed E-state index contributed by atoms with van der Waals surface area (Å²) in [7, 11) is 0. The molecule has 0 aromatic rings. The average molecular weight is 224 g/mol. The summed E-state index contributed by atoms with van der Waals surface area (Å²) in [5.41, 5.74) is 0. The van der Waals surface area contributed by atoms with Gasteiger partial charge < -0.3 is 15.7 Å². The molecule has 5 heteroatoms. The highest BCUT2D eigenvalue weighted by Gasteiger charge is 2.25. The Balaban J connectivity index is 2.47. The maximum atomic E-state index is 11.7. The summed E-state index contributed by atoms with van der Waals surface area (Å²) in [5, 5.41) is 14.4. The number of amides is 1. The molecular weight excluding hydrogens is 208 g/mol. The summed E-state index contributed by atoms with van der Waals surface area (Å²) in [6, 6.07) is -0.973. The number of piperidine rings is 1. The van der Waals surface area contributed by atoms with Crippen LogP contribution in [-0.2, 0) is 9.59 Å². The van der Waals surface area contributed by atoms with Gasteiger partial charge in [0.1, 0.15) is 6.04 Å². The fraction of sp³-hybridized carbons (Fsp3) is 0.636. The third-order valence-corrected chi connectivity index (χ3v) is 2.60. The van der Waals surface area contributed by atoms with Crippen molar-refractivity contribution in [2.75, 3.05) is 13.1 Å². The van der Waals surface area contributed by atoms with Crippen LogP contribution in [0.4, 0.5) is 0 Å². The van der Waals surface area contributed by atoms with Crippen molar-refractivity contribution in [1.82, 2.24) is 10.6 Å². The molecule has 0 saturated carbocycles. The summed E-state index contributed by atoms with van der Waals surface area (Å²) in [4.78, 5) is 22.5.